The van der Waals surface area contributed by atoms with E-state index in [4.69, 9.17) is 9.47 Å². The van der Waals surface area contributed by atoms with Crippen LogP contribution in [0.2, 0.25) is 0 Å². The number of aromatic nitrogens is 3. The zero-order valence-corrected chi connectivity index (χ0v) is 28.3. The molecule has 2 atom stereocenters. The van der Waals surface area contributed by atoms with Gasteiger partial charge in [0.05, 0.1) is 24.6 Å². The highest BCUT2D eigenvalue weighted by atomic mass is 16.5. The predicted molar refractivity (Wildman–Crippen MR) is 191 cm³/mol. The molecule has 0 radical (unpaired) electrons. The smallest absolute Gasteiger partial charge is 0.408 e. The summed E-state index contributed by atoms with van der Waals surface area (Å²) >= 11 is 0. The first kappa shape index (κ1) is 34.9. The number of carbonyl (C=O) groups is 3. The van der Waals surface area contributed by atoms with Crippen LogP contribution in [0.5, 0.6) is 5.75 Å². The van der Waals surface area contributed by atoms with Gasteiger partial charge in [-0.05, 0) is 59.7 Å². The van der Waals surface area contributed by atoms with Gasteiger partial charge >= 0.3 is 6.09 Å². The Morgan fingerprint density at radius 3 is 2.25 bits per heavy atom. The minimum Gasteiger partial charge on any atom is -0.487 e. The molecule has 0 spiro atoms. The number of carbonyl (C=O) groups excluding carboxylic acids is 3. The fraction of sp³-hybridized carbons (Fsp3) is 0.275. The molecule has 0 aliphatic heterocycles. The molecule has 2 unspecified atom stereocenters. The Bertz CT molecular complexity index is 1820. The third kappa shape index (κ3) is 10.3. The first-order chi connectivity index (χ1) is 25.0. The van der Waals surface area contributed by atoms with E-state index in [9.17, 15) is 14.4 Å². The topological polar surface area (TPSA) is 139 Å². The Labute approximate surface area is 297 Å². The lowest BCUT2D eigenvalue weighted by atomic mass is 9.77. The maximum absolute atomic E-state index is 14.4. The van der Waals surface area contributed by atoms with Gasteiger partial charge in [0.15, 0.2) is 0 Å². The molecule has 11 heteroatoms. The summed E-state index contributed by atoms with van der Waals surface area (Å²) in [7, 11) is 0. The number of nitrogens with one attached hydrogen (secondary N) is 3. The molecule has 6 rings (SSSR count). The van der Waals surface area contributed by atoms with Crippen LogP contribution < -0.4 is 15.4 Å². The molecule has 2 heterocycles. The van der Waals surface area contributed by atoms with E-state index in [1.807, 2.05) is 103 Å². The van der Waals surface area contributed by atoms with Crippen LogP contribution in [0, 0.1) is 5.92 Å². The van der Waals surface area contributed by atoms with Crippen LogP contribution in [0.15, 0.2) is 122 Å². The predicted octanol–water partition coefficient (Wildman–Crippen LogP) is 5.91. The highest BCUT2D eigenvalue weighted by Gasteiger charge is 2.32. The van der Waals surface area contributed by atoms with Crippen LogP contribution in [0.4, 0.5) is 4.79 Å². The number of aromatic amines is 1. The van der Waals surface area contributed by atoms with Crippen molar-refractivity contribution in [1.29, 1.82) is 0 Å². The van der Waals surface area contributed by atoms with E-state index < -0.39 is 18.0 Å². The molecule has 0 saturated heterocycles. The van der Waals surface area contributed by atoms with Gasteiger partial charge in [-0.2, -0.15) is 0 Å². The minimum atomic E-state index is -1.04. The van der Waals surface area contributed by atoms with Crippen molar-refractivity contribution in [3.05, 3.63) is 150 Å². The minimum absolute atomic E-state index is 0.0422. The number of nitrogens with zero attached hydrogens (tertiary/aromatic N) is 3. The molecule has 3 N–H and O–H groups in total. The summed E-state index contributed by atoms with van der Waals surface area (Å²) < 4.78 is 11.4. The molecule has 0 bridgehead atoms. The number of rotatable bonds is 16. The molecular formula is C40H42N6O5. The Balaban J connectivity index is 1.20. The second-order valence-electron chi connectivity index (χ2n) is 12.6. The monoisotopic (exact) mass is 686 g/mol. The number of amides is 3. The number of hydrogen-bond donors (Lipinski definition) is 3. The van der Waals surface area contributed by atoms with Crippen molar-refractivity contribution < 1.29 is 23.9 Å². The molecular weight excluding hydrogens is 644 g/mol. The molecule has 5 aromatic rings. The van der Waals surface area contributed by atoms with Crippen molar-refractivity contribution in [2.24, 2.45) is 5.92 Å². The molecule has 1 saturated carbocycles. The summed E-state index contributed by atoms with van der Waals surface area (Å²) in [6.45, 7) is 0.260. The molecule has 3 amide bonds. The summed E-state index contributed by atoms with van der Waals surface area (Å²) in [5, 5.41) is 5.98. The van der Waals surface area contributed by atoms with E-state index in [-0.39, 0.29) is 38.1 Å². The molecule has 2 aromatic heterocycles. The van der Waals surface area contributed by atoms with Crippen LogP contribution in [0.1, 0.15) is 53.4 Å². The first-order valence-electron chi connectivity index (χ1n) is 17.2. The maximum Gasteiger partial charge on any atom is 0.408 e. The van der Waals surface area contributed by atoms with Gasteiger partial charge in [0.2, 0.25) is 11.8 Å². The van der Waals surface area contributed by atoms with Crippen LogP contribution in [0.3, 0.4) is 0 Å². The van der Waals surface area contributed by atoms with E-state index in [0.29, 0.717) is 24.0 Å². The lowest BCUT2D eigenvalue weighted by Gasteiger charge is -2.35. The SMILES string of the molecule is O=C(CN(Cc1ccc(OCc2ccccn2)cc1)C(=O)C(Cc1cnc[nH]1)NC(=O)OCc1ccccc1)NC(c1ccccc1)C1CCC1. The summed E-state index contributed by atoms with van der Waals surface area (Å²) in [4.78, 5) is 54.1. The standard InChI is InChI=1S/C40H42N6O5/c47-37(45-38(32-14-9-15-32)31-12-5-2-6-13-31)25-46(24-29-17-19-35(20-18-29)50-27-33-16-7-8-21-42-33)39(48)36(22-34-23-41-28-43-34)44-40(49)51-26-30-10-3-1-4-11-30/h1-8,10-13,16-21,23,28,32,36,38H,9,14-15,22,24-27H2,(H,41,43)(H,44,49)(H,45,47). The second-order valence-corrected chi connectivity index (χ2v) is 12.6. The summed E-state index contributed by atoms with van der Waals surface area (Å²) in [5.41, 5.74) is 4.08. The van der Waals surface area contributed by atoms with Crippen molar-refractivity contribution in [3.8, 4) is 5.75 Å². The molecule has 51 heavy (non-hydrogen) atoms. The zero-order chi connectivity index (χ0) is 35.3. The number of imidazole rings is 1. The number of benzene rings is 3. The first-order valence-corrected chi connectivity index (χ1v) is 17.2. The van der Waals surface area contributed by atoms with Gasteiger partial charge in [-0.1, -0.05) is 85.3 Å². The molecule has 11 nitrogen and oxygen atoms in total. The lowest BCUT2D eigenvalue weighted by Crippen LogP contribution is -2.52. The Hall–Kier alpha value is -5.97. The fourth-order valence-corrected chi connectivity index (χ4v) is 6.01. The van der Waals surface area contributed by atoms with E-state index in [1.165, 1.54) is 11.2 Å². The average molecular weight is 687 g/mol. The number of alkyl carbamates (subject to hydrolysis) is 1. The summed E-state index contributed by atoms with van der Waals surface area (Å²) in [6.07, 6.45) is 7.37. The lowest BCUT2D eigenvalue weighted by molar-refractivity contribution is -0.138. The van der Waals surface area contributed by atoms with Gasteiger partial charge in [0.1, 0.15) is 25.0 Å². The van der Waals surface area contributed by atoms with Crippen molar-refractivity contribution in [3.63, 3.8) is 0 Å². The van der Waals surface area contributed by atoms with Crippen molar-refractivity contribution in [2.45, 2.75) is 57.5 Å². The van der Waals surface area contributed by atoms with Crippen LogP contribution >= 0.6 is 0 Å². The van der Waals surface area contributed by atoms with Gasteiger partial charge in [0, 0.05) is 31.1 Å². The molecule has 1 aliphatic carbocycles. The van der Waals surface area contributed by atoms with Gasteiger partial charge < -0.3 is 30.0 Å². The van der Waals surface area contributed by atoms with E-state index >= 15 is 0 Å². The fourth-order valence-electron chi connectivity index (χ4n) is 6.01. The van der Waals surface area contributed by atoms with Crippen LogP contribution in [0.25, 0.3) is 0 Å². The summed E-state index contributed by atoms with van der Waals surface area (Å²) in [6, 6.07) is 31.0. The van der Waals surface area contributed by atoms with E-state index in [2.05, 4.69) is 25.6 Å². The summed E-state index contributed by atoms with van der Waals surface area (Å²) in [5.74, 6) is 0.248. The highest BCUT2D eigenvalue weighted by Crippen LogP contribution is 2.37. The van der Waals surface area contributed by atoms with Gasteiger partial charge in [0.25, 0.3) is 0 Å². The highest BCUT2D eigenvalue weighted by molar-refractivity contribution is 5.90. The second kappa shape index (κ2) is 17.6. The van der Waals surface area contributed by atoms with Gasteiger partial charge in [-0.25, -0.2) is 9.78 Å². The normalized spacial score (nSPS) is 13.6. The molecule has 1 fully saturated rings. The van der Waals surface area contributed by atoms with E-state index in [1.54, 1.807) is 12.4 Å². The quantitative estimate of drug-likeness (QED) is 0.117. The molecule has 262 valence electrons. The Morgan fingerprint density at radius 2 is 1.59 bits per heavy atom. The molecule has 3 aromatic carbocycles. The van der Waals surface area contributed by atoms with Crippen LogP contribution in [-0.4, -0.2) is 50.3 Å². The largest absolute Gasteiger partial charge is 0.487 e. The van der Waals surface area contributed by atoms with E-state index in [0.717, 1.165) is 41.6 Å². The number of hydrogen-bond acceptors (Lipinski definition) is 7. The van der Waals surface area contributed by atoms with Crippen LogP contribution in [-0.2, 0) is 40.5 Å². The molecule has 1 aliphatic rings. The third-order valence-corrected chi connectivity index (χ3v) is 8.93. The van der Waals surface area contributed by atoms with Crippen molar-refractivity contribution in [2.75, 3.05) is 6.54 Å². The maximum atomic E-state index is 14.4. The average Bonchev–Trinajstić information content (AvgIpc) is 3.66. The van der Waals surface area contributed by atoms with Gasteiger partial charge in [-0.3, -0.25) is 14.6 Å². The number of ether oxygens (including phenoxy) is 2. The van der Waals surface area contributed by atoms with Crippen molar-refractivity contribution >= 4 is 17.9 Å². The number of H-pyrrole nitrogens is 1. The Morgan fingerprint density at radius 1 is 0.843 bits per heavy atom. The Kier molecular flexibility index (Phi) is 12.0. The zero-order valence-electron chi connectivity index (χ0n) is 28.3. The van der Waals surface area contributed by atoms with Crippen molar-refractivity contribution in [1.82, 2.24) is 30.5 Å². The number of pyridine rings is 1. The van der Waals surface area contributed by atoms with Gasteiger partial charge in [-0.15, -0.1) is 0 Å². The third-order valence-electron chi connectivity index (χ3n) is 8.93.